The topological polar surface area (TPSA) is 39.1 Å². The number of rotatable bonds is 0. The SMILES string of the molecule is O=C1C=CC(=O)n2cccc21. The van der Waals surface area contributed by atoms with Crippen LogP contribution in [-0.4, -0.2) is 16.3 Å². The maximum Gasteiger partial charge on any atom is 0.255 e. The van der Waals surface area contributed by atoms with Gasteiger partial charge in [0.15, 0.2) is 0 Å². The lowest BCUT2D eigenvalue weighted by Gasteiger charge is -2.05. The van der Waals surface area contributed by atoms with Crippen LogP contribution in [0, 0.1) is 0 Å². The Bertz CT molecular complexity index is 327. The molecule has 0 atom stereocenters. The third kappa shape index (κ3) is 0.741. The van der Waals surface area contributed by atoms with E-state index in [1.807, 2.05) is 0 Å². The monoisotopic (exact) mass is 147 g/mol. The summed E-state index contributed by atoms with van der Waals surface area (Å²) < 4.78 is 1.34. The van der Waals surface area contributed by atoms with Crippen molar-refractivity contribution in [3.8, 4) is 0 Å². The van der Waals surface area contributed by atoms with Crippen LogP contribution in [0.1, 0.15) is 15.3 Å². The van der Waals surface area contributed by atoms with Crippen molar-refractivity contribution in [1.82, 2.24) is 4.57 Å². The van der Waals surface area contributed by atoms with Crippen molar-refractivity contribution < 1.29 is 9.59 Å². The van der Waals surface area contributed by atoms with Crippen LogP contribution in [0.5, 0.6) is 0 Å². The smallest absolute Gasteiger partial charge is 0.255 e. The van der Waals surface area contributed by atoms with Crippen LogP contribution in [0.4, 0.5) is 0 Å². The third-order valence-electron chi connectivity index (χ3n) is 1.62. The van der Waals surface area contributed by atoms with Gasteiger partial charge < -0.3 is 0 Å². The number of aromatic nitrogens is 1. The molecular weight excluding hydrogens is 142 g/mol. The van der Waals surface area contributed by atoms with Gasteiger partial charge in [0.2, 0.25) is 5.78 Å². The molecule has 0 aliphatic carbocycles. The van der Waals surface area contributed by atoms with Crippen molar-refractivity contribution in [2.45, 2.75) is 0 Å². The van der Waals surface area contributed by atoms with Gasteiger partial charge in [-0.05, 0) is 18.2 Å². The molecule has 11 heavy (non-hydrogen) atoms. The second kappa shape index (κ2) is 1.92. The number of carbonyl (C=O) groups is 2. The Morgan fingerprint density at radius 2 is 2.00 bits per heavy atom. The van der Waals surface area contributed by atoms with Crippen molar-refractivity contribution in [3.05, 3.63) is 36.2 Å². The van der Waals surface area contributed by atoms with Crippen LogP contribution in [0.15, 0.2) is 30.5 Å². The number of fused-ring (bicyclic) bond motifs is 1. The van der Waals surface area contributed by atoms with Gasteiger partial charge >= 0.3 is 0 Å². The summed E-state index contributed by atoms with van der Waals surface area (Å²) >= 11 is 0. The maximum absolute atomic E-state index is 11.0. The fraction of sp³-hybridized carbons (Fsp3) is 0. The maximum atomic E-state index is 11.0. The van der Waals surface area contributed by atoms with E-state index in [0.29, 0.717) is 5.69 Å². The average Bonchev–Trinajstić information content (AvgIpc) is 2.45. The highest BCUT2D eigenvalue weighted by molar-refractivity contribution is 6.13. The Morgan fingerprint density at radius 3 is 2.73 bits per heavy atom. The van der Waals surface area contributed by atoms with Gasteiger partial charge in [0.25, 0.3) is 5.91 Å². The minimum absolute atomic E-state index is 0.116. The molecule has 0 radical (unpaired) electrons. The lowest BCUT2D eigenvalue weighted by molar-refractivity contribution is 0.0926. The number of nitrogens with zero attached hydrogens (tertiary/aromatic N) is 1. The Kier molecular flexibility index (Phi) is 1.06. The second-order valence-electron chi connectivity index (χ2n) is 2.30. The van der Waals surface area contributed by atoms with Crippen molar-refractivity contribution >= 4 is 11.7 Å². The molecule has 1 aromatic rings. The van der Waals surface area contributed by atoms with E-state index in [-0.39, 0.29) is 11.7 Å². The summed E-state index contributed by atoms with van der Waals surface area (Å²) in [6.45, 7) is 0. The van der Waals surface area contributed by atoms with Crippen LogP contribution in [0.2, 0.25) is 0 Å². The Hall–Kier alpha value is -1.64. The molecule has 54 valence electrons. The first-order valence-corrected chi connectivity index (χ1v) is 3.23. The first-order valence-electron chi connectivity index (χ1n) is 3.23. The Labute approximate surface area is 62.9 Å². The molecule has 1 aliphatic heterocycles. The highest BCUT2D eigenvalue weighted by Crippen LogP contribution is 2.08. The molecule has 0 unspecified atom stereocenters. The molecule has 0 fully saturated rings. The van der Waals surface area contributed by atoms with Gasteiger partial charge in [0, 0.05) is 12.3 Å². The molecule has 0 N–H and O–H groups in total. The molecule has 0 bridgehead atoms. The minimum Gasteiger partial charge on any atom is -0.288 e. The molecule has 0 aromatic carbocycles. The fourth-order valence-electron chi connectivity index (χ4n) is 1.09. The third-order valence-corrected chi connectivity index (χ3v) is 1.62. The van der Waals surface area contributed by atoms with Gasteiger partial charge in [-0.15, -0.1) is 0 Å². The highest BCUT2D eigenvalue weighted by atomic mass is 16.2. The predicted molar refractivity (Wildman–Crippen MR) is 38.5 cm³/mol. The lowest BCUT2D eigenvalue weighted by atomic mass is 10.2. The van der Waals surface area contributed by atoms with E-state index >= 15 is 0 Å². The van der Waals surface area contributed by atoms with Crippen molar-refractivity contribution in [1.29, 1.82) is 0 Å². The van der Waals surface area contributed by atoms with E-state index in [1.165, 1.54) is 16.7 Å². The van der Waals surface area contributed by atoms with Gasteiger partial charge in [0.1, 0.15) is 0 Å². The van der Waals surface area contributed by atoms with Crippen LogP contribution in [0.3, 0.4) is 0 Å². The second-order valence-corrected chi connectivity index (χ2v) is 2.30. The van der Waals surface area contributed by atoms with E-state index in [1.54, 1.807) is 18.3 Å². The Morgan fingerprint density at radius 1 is 1.18 bits per heavy atom. The zero-order valence-electron chi connectivity index (χ0n) is 5.65. The number of carbonyl (C=O) groups excluding carboxylic acids is 2. The summed E-state index contributed by atoms with van der Waals surface area (Å²) in [6, 6.07) is 3.31. The molecule has 0 spiro atoms. The summed E-state index contributed by atoms with van der Waals surface area (Å²) in [4.78, 5) is 22.0. The molecule has 3 nitrogen and oxygen atoms in total. The van der Waals surface area contributed by atoms with E-state index in [0.717, 1.165) is 0 Å². The molecule has 0 saturated carbocycles. The number of hydrogen-bond donors (Lipinski definition) is 0. The molecule has 0 amide bonds. The average molecular weight is 147 g/mol. The van der Waals surface area contributed by atoms with Gasteiger partial charge in [-0.3, -0.25) is 14.2 Å². The minimum atomic E-state index is -0.162. The zero-order chi connectivity index (χ0) is 7.84. The summed E-state index contributed by atoms with van der Waals surface area (Å²) in [6.07, 6.45) is 4.14. The summed E-state index contributed by atoms with van der Waals surface area (Å²) in [5.41, 5.74) is 0.442. The van der Waals surface area contributed by atoms with E-state index in [2.05, 4.69) is 0 Å². The van der Waals surface area contributed by atoms with Gasteiger partial charge in [0.05, 0.1) is 5.69 Å². The van der Waals surface area contributed by atoms with Crippen LogP contribution in [0.25, 0.3) is 0 Å². The zero-order valence-corrected chi connectivity index (χ0v) is 5.65. The molecule has 3 heteroatoms. The summed E-state index contributed by atoms with van der Waals surface area (Å²) in [5, 5.41) is 0. The summed E-state index contributed by atoms with van der Waals surface area (Å²) in [5.74, 6) is -0.279. The van der Waals surface area contributed by atoms with E-state index in [4.69, 9.17) is 0 Å². The molecule has 2 rings (SSSR count). The van der Waals surface area contributed by atoms with Crippen LogP contribution in [-0.2, 0) is 0 Å². The highest BCUT2D eigenvalue weighted by Gasteiger charge is 2.15. The van der Waals surface area contributed by atoms with E-state index in [9.17, 15) is 9.59 Å². The van der Waals surface area contributed by atoms with Gasteiger partial charge in [-0.1, -0.05) is 0 Å². The number of hydrogen-bond acceptors (Lipinski definition) is 2. The van der Waals surface area contributed by atoms with Crippen LogP contribution < -0.4 is 0 Å². The van der Waals surface area contributed by atoms with Gasteiger partial charge in [-0.2, -0.15) is 0 Å². The van der Waals surface area contributed by atoms with Crippen LogP contribution >= 0.6 is 0 Å². The molecule has 1 aromatic heterocycles. The first-order chi connectivity index (χ1) is 5.29. The molecule has 2 heterocycles. The fourth-order valence-corrected chi connectivity index (χ4v) is 1.09. The van der Waals surface area contributed by atoms with Crippen molar-refractivity contribution in [2.24, 2.45) is 0 Å². The molecule has 1 aliphatic rings. The Balaban J connectivity index is 2.68. The molecule has 0 saturated heterocycles. The normalized spacial score (nSPS) is 15.3. The summed E-state index contributed by atoms with van der Waals surface area (Å²) in [7, 11) is 0. The standard InChI is InChI=1S/C8H5NO2/c10-7-3-4-8(11)9-5-1-2-6(7)9/h1-5H. The van der Waals surface area contributed by atoms with Crippen molar-refractivity contribution in [2.75, 3.05) is 0 Å². The molecular formula is C8H5NO2. The van der Waals surface area contributed by atoms with E-state index < -0.39 is 0 Å². The largest absolute Gasteiger partial charge is 0.288 e. The number of allylic oxidation sites excluding steroid dienone is 2. The first kappa shape index (κ1) is 6.09. The number of ketones is 1. The van der Waals surface area contributed by atoms with Crippen molar-refractivity contribution in [3.63, 3.8) is 0 Å². The predicted octanol–water partition coefficient (Wildman–Crippen LogP) is 0.881. The lowest BCUT2D eigenvalue weighted by Crippen LogP contribution is -2.17. The van der Waals surface area contributed by atoms with Gasteiger partial charge in [-0.25, -0.2) is 0 Å². The quantitative estimate of drug-likeness (QED) is 0.546.